The number of hydrogen-bond acceptors (Lipinski definition) is 2. The van der Waals surface area contributed by atoms with Gasteiger partial charge in [-0.2, -0.15) is 0 Å². The van der Waals surface area contributed by atoms with E-state index in [-0.39, 0.29) is 0 Å². The summed E-state index contributed by atoms with van der Waals surface area (Å²) in [5, 5.41) is 3.25. The summed E-state index contributed by atoms with van der Waals surface area (Å²) < 4.78 is 2.07. The van der Waals surface area contributed by atoms with E-state index in [4.69, 9.17) is 0 Å². The smallest absolute Gasteiger partial charge is 0.148 e. The van der Waals surface area contributed by atoms with Crippen molar-refractivity contribution in [1.29, 1.82) is 0 Å². The molecule has 0 aliphatic rings. The number of aromatic nitrogens is 2. The molecule has 2 nitrogen and oxygen atoms in total. The first-order valence-electron chi connectivity index (χ1n) is 4.31. The number of thiazole rings is 1. The highest BCUT2D eigenvalue weighted by Gasteiger charge is 2.02. The second kappa shape index (κ2) is 2.96. The Morgan fingerprint density at radius 2 is 2.36 bits per heavy atom. The maximum Gasteiger partial charge on any atom is 0.148 e. The van der Waals surface area contributed by atoms with Crippen LogP contribution in [0.3, 0.4) is 0 Å². The summed E-state index contributed by atoms with van der Waals surface area (Å²) in [6, 6.07) is 11.1. The van der Waals surface area contributed by atoms with Gasteiger partial charge in [-0.25, -0.2) is 4.98 Å². The van der Waals surface area contributed by atoms with Crippen LogP contribution in [0, 0.1) is 6.07 Å². The lowest BCUT2D eigenvalue weighted by molar-refractivity contribution is 1.07. The molecule has 0 N–H and O–H groups in total. The van der Waals surface area contributed by atoms with Gasteiger partial charge in [-0.15, -0.1) is 11.3 Å². The van der Waals surface area contributed by atoms with Gasteiger partial charge in [0.2, 0.25) is 0 Å². The monoisotopic (exact) mass is 199 g/mol. The molecule has 2 heterocycles. The van der Waals surface area contributed by atoms with Gasteiger partial charge in [0.25, 0.3) is 0 Å². The molecule has 1 radical (unpaired) electrons. The summed E-state index contributed by atoms with van der Waals surface area (Å²) in [5.74, 6) is 0.976. The maximum atomic E-state index is 4.28. The first-order valence-corrected chi connectivity index (χ1v) is 5.25. The van der Waals surface area contributed by atoms with E-state index >= 15 is 0 Å². The lowest BCUT2D eigenvalue weighted by atomic mass is 10.2. The first-order chi connectivity index (χ1) is 6.95. The zero-order valence-electron chi connectivity index (χ0n) is 7.34. The van der Waals surface area contributed by atoms with Gasteiger partial charge >= 0.3 is 0 Å². The van der Waals surface area contributed by atoms with Gasteiger partial charge in [0.1, 0.15) is 5.82 Å². The van der Waals surface area contributed by atoms with Crippen LogP contribution in [0.25, 0.3) is 16.7 Å². The SMILES string of the molecule is [c]1ccc2ccn(-c3cscn3)c2c1. The lowest BCUT2D eigenvalue weighted by Crippen LogP contribution is -1.90. The molecule has 3 rings (SSSR count). The average Bonchev–Trinajstić information content (AvgIpc) is 2.85. The van der Waals surface area contributed by atoms with Gasteiger partial charge in [-0.1, -0.05) is 12.1 Å². The van der Waals surface area contributed by atoms with E-state index < -0.39 is 0 Å². The van der Waals surface area contributed by atoms with E-state index in [1.807, 2.05) is 29.2 Å². The van der Waals surface area contributed by atoms with Gasteiger partial charge < -0.3 is 4.57 Å². The third kappa shape index (κ3) is 1.06. The van der Waals surface area contributed by atoms with Crippen molar-refractivity contribution in [3.05, 3.63) is 47.4 Å². The molecule has 0 aliphatic carbocycles. The highest BCUT2D eigenvalue weighted by molar-refractivity contribution is 7.07. The lowest BCUT2D eigenvalue weighted by Gasteiger charge is -1.99. The van der Waals surface area contributed by atoms with Crippen LogP contribution in [0.2, 0.25) is 0 Å². The molecule has 2 aromatic heterocycles. The Balaban J connectivity index is 2.33. The van der Waals surface area contributed by atoms with Crippen molar-refractivity contribution in [1.82, 2.24) is 9.55 Å². The highest BCUT2D eigenvalue weighted by Crippen LogP contribution is 2.19. The zero-order chi connectivity index (χ0) is 9.38. The van der Waals surface area contributed by atoms with Gasteiger partial charge in [0, 0.05) is 17.0 Å². The van der Waals surface area contributed by atoms with E-state index in [2.05, 4.69) is 27.8 Å². The third-order valence-corrected chi connectivity index (χ3v) is 2.78. The fourth-order valence-corrected chi connectivity index (χ4v) is 2.07. The van der Waals surface area contributed by atoms with Crippen LogP contribution >= 0.6 is 11.3 Å². The number of fused-ring (bicyclic) bond motifs is 1. The summed E-state index contributed by atoms with van der Waals surface area (Å²) in [6.07, 6.45) is 2.04. The van der Waals surface area contributed by atoms with E-state index in [0.717, 1.165) is 11.3 Å². The van der Waals surface area contributed by atoms with Crippen molar-refractivity contribution in [2.75, 3.05) is 0 Å². The minimum absolute atomic E-state index is 0.976. The Bertz CT molecular complexity index is 551. The van der Waals surface area contributed by atoms with E-state index in [1.54, 1.807) is 11.3 Å². The van der Waals surface area contributed by atoms with Crippen molar-refractivity contribution in [2.24, 2.45) is 0 Å². The zero-order valence-corrected chi connectivity index (χ0v) is 8.16. The quantitative estimate of drug-likeness (QED) is 0.589. The maximum absolute atomic E-state index is 4.28. The van der Waals surface area contributed by atoms with Crippen LogP contribution in [-0.4, -0.2) is 9.55 Å². The first kappa shape index (κ1) is 7.76. The predicted octanol–water partition coefficient (Wildman–Crippen LogP) is 2.89. The number of nitrogens with zero attached hydrogens (tertiary/aromatic N) is 2. The Hall–Kier alpha value is -1.61. The number of hydrogen-bond donors (Lipinski definition) is 0. The molecule has 0 spiro atoms. The second-order valence-electron chi connectivity index (χ2n) is 3.02. The predicted molar refractivity (Wildman–Crippen MR) is 57.8 cm³/mol. The molecule has 3 heteroatoms. The van der Waals surface area contributed by atoms with Crippen LogP contribution < -0.4 is 0 Å². The summed E-state index contributed by atoms with van der Waals surface area (Å²) in [7, 11) is 0. The minimum Gasteiger partial charge on any atom is -0.301 e. The molecular weight excluding hydrogens is 192 g/mol. The summed E-state index contributed by atoms with van der Waals surface area (Å²) in [6.45, 7) is 0. The van der Waals surface area contributed by atoms with Gasteiger partial charge in [-0.3, -0.25) is 0 Å². The molecule has 0 saturated heterocycles. The Kier molecular flexibility index (Phi) is 1.64. The van der Waals surface area contributed by atoms with Gasteiger partial charge in [0.15, 0.2) is 0 Å². The van der Waals surface area contributed by atoms with E-state index in [1.165, 1.54) is 5.39 Å². The van der Waals surface area contributed by atoms with Crippen molar-refractivity contribution < 1.29 is 0 Å². The minimum atomic E-state index is 0.976. The van der Waals surface area contributed by atoms with Crippen molar-refractivity contribution in [3.8, 4) is 5.82 Å². The largest absolute Gasteiger partial charge is 0.301 e. The molecule has 14 heavy (non-hydrogen) atoms. The Labute approximate surface area is 85.4 Å². The average molecular weight is 199 g/mol. The van der Waals surface area contributed by atoms with Crippen molar-refractivity contribution in [3.63, 3.8) is 0 Å². The molecular formula is C11H7N2S. The standard InChI is InChI=1S/C11H7N2S/c1-2-4-10-9(3-1)5-6-13(10)11-7-14-8-12-11/h1,3-8H. The molecule has 3 aromatic rings. The van der Waals surface area contributed by atoms with Crippen LogP contribution in [-0.2, 0) is 0 Å². The molecule has 0 fully saturated rings. The Morgan fingerprint density at radius 1 is 1.36 bits per heavy atom. The van der Waals surface area contributed by atoms with Crippen molar-refractivity contribution >= 4 is 22.2 Å². The summed E-state index contributed by atoms with van der Waals surface area (Å²) in [4.78, 5) is 4.28. The fraction of sp³-hybridized carbons (Fsp3) is 0. The van der Waals surface area contributed by atoms with Gasteiger partial charge in [0.05, 0.1) is 11.0 Å². The van der Waals surface area contributed by atoms with Crippen LogP contribution in [0.4, 0.5) is 0 Å². The van der Waals surface area contributed by atoms with Crippen molar-refractivity contribution in [2.45, 2.75) is 0 Å². The molecule has 0 atom stereocenters. The molecule has 0 amide bonds. The topological polar surface area (TPSA) is 17.8 Å². The van der Waals surface area contributed by atoms with Crippen LogP contribution in [0.15, 0.2) is 41.4 Å². The summed E-state index contributed by atoms with van der Waals surface area (Å²) >= 11 is 1.60. The molecule has 0 aliphatic heterocycles. The van der Waals surface area contributed by atoms with E-state index in [0.29, 0.717) is 0 Å². The highest BCUT2D eigenvalue weighted by atomic mass is 32.1. The normalized spacial score (nSPS) is 10.9. The van der Waals surface area contributed by atoms with Gasteiger partial charge in [-0.05, 0) is 18.2 Å². The fourth-order valence-electron chi connectivity index (χ4n) is 1.54. The molecule has 67 valence electrons. The molecule has 1 aromatic carbocycles. The third-order valence-electron chi connectivity index (χ3n) is 2.20. The van der Waals surface area contributed by atoms with Crippen LogP contribution in [0.1, 0.15) is 0 Å². The molecule has 0 bridgehead atoms. The Morgan fingerprint density at radius 3 is 3.21 bits per heavy atom. The molecule has 0 unspecified atom stereocenters. The number of rotatable bonds is 1. The van der Waals surface area contributed by atoms with Crippen LogP contribution in [0.5, 0.6) is 0 Å². The van der Waals surface area contributed by atoms with E-state index in [9.17, 15) is 0 Å². The summed E-state index contributed by atoms with van der Waals surface area (Å²) in [5.41, 5.74) is 2.99. The molecule has 0 saturated carbocycles. The number of benzene rings is 1. The second-order valence-corrected chi connectivity index (χ2v) is 3.74.